The van der Waals surface area contributed by atoms with Gasteiger partial charge in [0.15, 0.2) is 0 Å². The van der Waals surface area contributed by atoms with E-state index in [1.54, 1.807) is 0 Å². The number of rotatable bonds is 8. The number of furan rings is 2. The van der Waals surface area contributed by atoms with Crippen LogP contribution in [0, 0.1) is 0 Å². The van der Waals surface area contributed by atoms with Crippen molar-refractivity contribution in [1.29, 1.82) is 0 Å². The number of fused-ring (bicyclic) bond motifs is 9. The molecule has 0 bridgehead atoms. The lowest BCUT2D eigenvalue weighted by atomic mass is 9.89. The second-order valence-electron chi connectivity index (χ2n) is 18.4. The van der Waals surface area contributed by atoms with Gasteiger partial charge in [0.2, 0.25) is 0 Å². The van der Waals surface area contributed by atoms with Gasteiger partial charge in [-0.3, -0.25) is 0 Å². The molecule has 0 amide bonds. The zero-order valence-electron chi connectivity index (χ0n) is 38.6. The average molecular weight is 906 g/mol. The Hall–Kier alpha value is -9.44. The molecule has 12 aromatic carbocycles. The maximum Gasteiger partial charge on any atom is 0.143 e. The smallest absolute Gasteiger partial charge is 0.143 e. The highest BCUT2D eigenvalue weighted by molar-refractivity contribution is 6.14. The Kier molecular flexibility index (Phi) is 9.53. The minimum Gasteiger partial charge on any atom is -0.455 e. The third kappa shape index (κ3) is 6.97. The molecule has 3 heteroatoms. The first-order valence-electron chi connectivity index (χ1n) is 24.2. The first-order chi connectivity index (χ1) is 35.2. The molecule has 0 unspecified atom stereocenters. The van der Waals surface area contributed by atoms with Crippen LogP contribution in [-0.2, 0) is 0 Å². The largest absolute Gasteiger partial charge is 0.455 e. The van der Waals surface area contributed by atoms with Crippen molar-refractivity contribution in [3.05, 3.63) is 261 Å². The molecule has 0 aliphatic rings. The molecule has 0 N–H and O–H groups in total. The normalized spacial score (nSPS) is 11.7. The van der Waals surface area contributed by atoms with Crippen LogP contribution < -0.4 is 4.90 Å². The van der Waals surface area contributed by atoms with Gasteiger partial charge in [-0.05, 0) is 139 Å². The Labute approximate surface area is 410 Å². The molecule has 3 nitrogen and oxygen atoms in total. The Bertz CT molecular complexity index is 4160. The first-order valence-corrected chi connectivity index (χ1v) is 24.2. The fourth-order valence-electron chi connectivity index (χ4n) is 10.8. The van der Waals surface area contributed by atoms with Crippen LogP contribution in [0.3, 0.4) is 0 Å². The molecule has 0 spiro atoms. The number of benzene rings is 12. The fraction of sp³-hybridized carbons (Fsp3) is 0. The van der Waals surface area contributed by atoms with Crippen molar-refractivity contribution in [2.45, 2.75) is 0 Å². The molecule has 0 fully saturated rings. The Balaban J connectivity index is 0.883. The average Bonchev–Trinajstić information content (AvgIpc) is 4.03. The van der Waals surface area contributed by atoms with Gasteiger partial charge in [0, 0.05) is 49.7 Å². The molecule has 0 radical (unpaired) electrons. The molecular formula is C68H43NO2. The summed E-state index contributed by atoms with van der Waals surface area (Å²) in [5.41, 5.74) is 18.1. The summed E-state index contributed by atoms with van der Waals surface area (Å²) in [5, 5.41) is 9.49. The molecule has 0 aliphatic carbocycles. The van der Waals surface area contributed by atoms with Gasteiger partial charge in [-0.25, -0.2) is 0 Å². The third-order valence-corrected chi connectivity index (χ3v) is 14.3. The molecule has 332 valence electrons. The molecule has 0 aliphatic heterocycles. The molecule has 2 aromatic heterocycles. The summed E-state index contributed by atoms with van der Waals surface area (Å²) in [4.78, 5) is 2.34. The Morgan fingerprint density at radius 3 is 1.18 bits per heavy atom. The van der Waals surface area contributed by atoms with Gasteiger partial charge in [0.25, 0.3) is 0 Å². The van der Waals surface area contributed by atoms with Gasteiger partial charge in [0.1, 0.15) is 22.3 Å². The topological polar surface area (TPSA) is 29.5 Å². The molecule has 0 saturated carbocycles. The van der Waals surface area contributed by atoms with Crippen molar-refractivity contribution in [2.75, 3.05) is 4.90 Å². The molecule has 71 heavy (non-hydrogen) atoms. The first kappa shape index (κ1) is 40.6. The van der Waals surface area contributed by atoms with Crippen LogP contribution in [0.25, 0.3) is 121 Å². The molecule has 0 atom stereocenters. The monoisotopic (exact) mass is 905 g/mol. The van der Waals surface area contributed by atoms with E-state index in [0.29, 0.717) is 0 Å². The quantitative estimate of drug-likeness (QED) is 0.142. The maximum atomic E-state index is 6.48. The summed E-state index contributed by atoms with van der Waals surface area (Å²) in [5.74, 6) is 0. The van der Waals surface area contributed by atoms with E-state index in [2.05, 4.69) is 241 Å². The Morgan fingerprint density at radius 1 is 0.225 bits per heavy atom. The Morgan fingerprint density at radius 2 is 0.634 bits per heavy atom. The summed E-state index contributed by atoms with van der Waals surface area (Å²) in [6.07, 6.45) is 0. The van der Waals surface area contributed by atoms with E-state index in [-0.39, 0.29) is 0 Å². The van der Waals surface area contributed by atoms with E-state index in [9.17, 15) is 0 Å². The van der Waals surface area contributed by atoms with Crippen LogP contribution in [0.4, 0.5) is 17.1 Å². The van der Waals surface area contributed by atoms with Gasteiger partial charge in [0.05, 0.1) is 0 Å². The molecule has 14 aromatic rings. The highest BCUT2D eigenvalue weighted by Gasteiger charge is 2.19. The van der Waals surface area contributed by atoms with Gasteiger partial charge < -0.3 is 13.7 Å². The fourth-order valence-corrected chi connectivity index (χ4v) is 10.8. The zero-order valence-corrected chi connectivity index (χ0v) is 38.6. The number of hydrogen-bond donors (Lipinski definition) is 0. The predicted molar refractivity (Wildman–Crippen MR) is 298 cm³/mol. The van der Waals surface area contributed by atoms with Crippen molar-refractivity contribution < 1.29 is 8.83 Å². The number of para-hydroxylation sites is 4. The van der Waals surface area contributed by atoms with Crippen molar-refractivity contribution in [3.8, 4) is 55.6 Å². The second kappa shape index (κ2) is 16.7. The summed E-state index contributed by atoms with van der Waals surface area (Å²) in [7, 11) is 0. The summed E-state index contributed by atoms with van der Waals surface area (Å²) < 4.78 is 13.0. The second-order valence-corrected chi connectivity index (χ2v) is 18.4. The lowest BCUT2D eigenvalue weighted by Crippen LogP contribution is -2.09. The highest BCUT2D eigenvalue weighted by Crippen LogP contribution is 2.43. The maximum absolute atomic E-state index is 6.48. The molecule has 14 rings (SSSR count). The van der Waals surface area contributed by atoms with Crippen LogP contribution >= 0.6 is 0 Å². The minimum atomic E-state index is 0.895. The van der Waals surface area contributed by atoms with Crippen LogP contribution in [0.2, 0.25) is 0 Å². The van der Waals surface area contributed by atoms with Gasteiger partial charge in [-0.1, -0.05) is 188 Å². The lowest BCUT2D eigenvalue weighted by Gasteiger charge is -2.26. The lowest BCUT2D eigenvalue weighted by molar-refractivity contribution is 0.669. The van der Waals surface area contributed by atoms with Crippen molar-refractivity contribution in [2.24, 2.45) is 0 Å². The van der Waals surface area contributed by atoms with E-state index < -0.39 is 0 Å². The predicted octanol–water partition coefficient (Wildman–Crippen LogP) is 19.6. The number of hydrogen-bond acceptors (Lipinski definition) is 3. The van der Waals surface area contributed by atoms with Crippen LogP contribution in [0.15, 0.2) is 270 Å². The van der Waals surface area contributed by atoms with E-state index in [1.165, 1.54) is 43.8 Å². The molecule has 2 heterocycles. The van der Waals surface area contributed by atoms with Crippen LogP contribution in [0.1, 0.15) is 0 Å². The number of nitrogens with zero attached hydrogens (tertiary/aromatic N) is 1. The molecular weight excluding hydrogens is 863 g/mol. The minimum absolute atomic E-state index is 0.895. The van der Waals surface area contributed by atoms with E-state index in [4.69, 9.17) is 8.83 Å². The zero-order chi connectivity index (χ0) is 46.8. The van der Waals surface area contributed by atoms with Crippen molar-refractivity contribution >= 4 is 82.5 Å². The van der Waals surface area contributed by atoms with E-state index in [0.717, 1.165) is 94.3 Å². The van der Waals surface area contributed by atoms with Gasteiger partial charge in [-0.2, -0.15) is 0 Å². The third-order valence-electron chi connectivity index (χ3n) is 14.3. The SMILES string of the molecule is c1ccc(-c2cc(-c3ccc(N(c4ccc(-c5cccc6c5oc5ccccc56)cc4)c4ccc(-c5cccc6c5oc5ccccc56)cc4)cc3)cc(-c3cc4ccccc4c4ccccc34)c2)cc1. The van der Waals surface area contributed by atoms with Crippen molar-refractivity contribution in [3.63, 3.8) is 0 Å². The summed E-state index contributed by atoms with van der Waals surface area (Å²) in [6, 6.07) is 93.8. The van der Waals surface area contributed by atoms with E-state index >= 15 is 0 Å². The van der Waals surface area contributed by atoms with Crippen molar-refractivity contribution in [1.82, 2.24) is 0 Å². The van der Waals surface area contributed by atoms with Gasteiger partial charge in [-0.15, -0.1) is 0 Å². The van der Waals surface area contributed by atoms with Crippen LogP contribution in [-0.4, -0.2) is 0 Å². The van der Waals surface area contributed by atoms with Gasteiger partial charge >= 0.3 is 0 Å². The standard InChI is InChI=1S/C68H43NO2/c1-2-14-44(15-3-1)49-40-50(42-51(41-49)64-43-48-16-4-5-17-55(48)58-18-6-7-19-59(58)64)45-28-34-52(35-29-45)69(53-36-30-46(31-37-53)56-22-12-24-62-60-20-8-10-26-65(60)70-67(56)62)54-38-32-47(33-39-54)57-23-13-25-63-61-21-9-11-27-66(61)71-68(57)63/h1-43H. The van der Waals surface area contributed by atoms with Crippen LogP contribution in [0.5, 0.6) is 0 Å². The summed E-state index contributed by atoms with van der Waals surface area (Å²) >= 11 is 0. The highest BCUT2D eigenvalue weighted by atomic mass is 16.3. The number of anilines is 3. The molecule has 0 saturated heterocycles. The van der Waals surface area contributed by atoms with E-state index in [1.807, 2.05) is 24.3 Å². The summed E-state index contributed by atoms with van der Waals surface area (Å²) in [6.45, 7) is 0.